The molecule has 76 valence electrons. The van der Waals surface area contributed by atoms with Crippen molar-refractivity contribution in [2.45, 2.75) is 19.6 Å². The molecule has 0 saturated carbocycles. The third kappa shape index (κ3) is 2.34. The first-order chi connectivity index (χ1) is 6.86. The van der Waals surface area contributed by atoms with Crippen LogP contribution in [-0.2, 0) is 16.1 Å². The van der Waals surface area contributed by atoms with E-state index in [0.717, 1.165) is 13.2 Å². The third-order valence-corrected chi connectivity index (χ3v) is 2.60. The van der Waals surface area contributed by atoms with E-state index in [1.54, 1.807) is 0 Å². The molecule has 1 aliphatic heterocycles. The fourth-order valence-corrected chi connectivity index (χ4v) is 1.50. The fourth-order valence-electron chi connectivity index (χ4n) is 1.50. The van der Waals surface area contributed by atoms with Crippen molar-refractivity contribution in [3.8, 4) is 0 Å². The summed E-state index contributed by atoms with van der Waals surface area (Å²) < 4.78 is 10.9. The van der Waals surface area contributed by atoms with Crippen molar-refractivity contribution in [3.63, 3.8) is 0 Å². The van der Waals surface area contributed by atoms with Crippen LogP contribution in [0.1, 0.15) is 12.5 Å². The SMILES string of the molecule is C[C@@H]1CO[C@H]1COCc1ccccc1. The summed E-state index contributed by atoms with van der Waals surface area (Å²) in [4.78, 5) is 0. The minimum Gasteiger partial charge on any atom is -0.375 e. The minimum absolute atomic E-state index is 0.318. The highest BCUT2D eigenvalue weighted by atomic mass is 16.5. The standard InChI is InChI=1S/C12H16O2/c1-10-7-14-12(10)9-13-8-11-5-3-2-4-6-11/h2-6,10,12H,7-9H2,1H3/t10-,12+/m1/s1. The van der Waals surface area contributed by atoms with Gasteiger partial charge in [-0.05, 0) is 5.56 Å². The van der Waals surface area contributed by atoms with Crippen molar-refractivity contribution in [3.05, 3.63) is 35.9 Å². The van der Waals surface area contributed by atoms with Crippen LogP contribution in [0.2, 0.25) is 0 Å². The molecule has 1 aliphatic rings. The van der Waals surface area contributed by atoms with Crippen LogP contribution in [0.3, 0.4) is 0 Å². The van der Waals surface area contributed by atoms with Gasteiger partial charge in [0, 0.05) is 5.92 Å². The molecule has 2 rings (SSSR count). The molecule has 0 spiro atoms. The van der Waals surface area contributed by atoms with Gasteiger partial charge >= 0.3 is 0 Å². The van der Waals surface area contributed by atoms with E-state index in [9.17, 15) is 0 Å². The lowest BCUT2D eigenvalue weighted by atomic mass is 10.0. The van der Waals surface area contributed by atoms with Gasteiger partial charge in [0.2, 0.25) is 0 Å². The Morgan fingerprint density at radius 2 is 2.14 bits per heavy atom. The lowest BCUT2D eigenvalue weighted by Gasteiger charge is -2.33. The van der Waals surface area contributed by atoms with Crippen LogP contribution in [0.25, 0.3) is 0 Å². The lowest BCUT2D eigenvalue weighted by molar-refractivity contribution is -0.141. The second-order valence-corrected chi connectivity index (χ2v) is 3.85. The molecule has 0 unspecified atom stereocenters. The van der Waals surface area contributed by atoms with E-state index in [1.165, 1.54) is 5.56 Å². The molecule has 0 bridgehead atoms. The van der Waals surface area contributed by atoms with Crippen molar-refractivity contribution >= 4 is 0 Å². The Morgan fingerprint density at radius 1 is 1.36 bits per heavy atom. The highest BCUT2D eigenvalue weighted by molar-refractivity contribution is 5.13. The van der Waals surface area contributed by atoms with Crippen molar-refractivity contribution in [1.82, 2.24) is 0 Å². The molecule has 1 aromatic rings. The summed E-state index contributed by atoms with van der Waals surface area (Å²) in [6, 6.07) is 10.2. The fraction of sp³-hybridized carbons (Fsp3) is 0.500. The summed E-state index contributed by atoms with van der Waals surface area (Å²) in [5, 5.41) is 0. The van der Waals surface area contributed by atoms with Gasteiger partial charge in [-0.3, -0.25) is 0 Å². The number of ether oxygens (including phenoxy) is 2. The molecule has 1 heterocycles. The van der Waals surface area contributed by atoms with E-state index in [1.807, 2.05) is 18.2 Å². The quantitative estimate of drug-likeness (QED) is 0.728. The number of hydrogen-bond acceptors (Lipinski definition) is 2. The van der Waals surface area contributed by atoms with Crippen LogP contribution in [-0.4, -0.2) is 19.3 Å². The number of hydrogen-bond donors (Lipinski definition) is 0. The van der Waals surface area contributed by atoms with Crippen LogP contribution in [0.5, 0.6) is 0 Å². The van der Waals surface area contributed by atoms with E-state index in [4.69, 9.17) is 9.47 Å². The second kappa shape index (κ2) is 4.58. The maximum absolute atomic E-state index is 5.57. The van der Waals surface area contributed by atoms with Gasteiger partial charge in [0.1, 0.15) is 0 Å². The molecule has 1 aromatic carbocycles. The highest BCUT2D eigenvalue weighted by Gasteiger charge is 2.27. The average Bonchev–Trinajstić information content (AvgIpc) is 2.24. The van der Waals surface area contributed by atoms with Gasteiger partial charge in [-0.1, -0.05) is 37.3 Å². The molecular weight excluding hydrogens is 176 g/mol. The Balaban J connectivity index is 1.68. The zero-order valence-corrected chi connectivity index (χ0v) is 8.48. The maximum atomic E-state index is 5.57. The first-order valence-corrected chi connectivity index (χ1v) is 5.09. The summed E-state index contributed by atoms with van der Waals surface area (Å²) in [7, 11) is 0. The predicted octanol–water partition coefficient (Wildman–Crippen LogP) is 2.24. The Kier molecular flexibility index (Phi) is 3.17. The number of benzene rings is 1. The van der Waals surface area contributed by atoms with Gasteiger partial charge in [0.15, 0.2) is 0 Å². The minimum atomic E-state index is 0.318. The van der Waals surface area contributed by atoms with Crippen molar-refractivity contribution in [2.24, 2.45) is 5.92 Å². The molecule has 0 aromatic heterocycles. The van der Waals surface area contributed by atoms with E-state index in [0.29, 0.717) is 18.6 Å². The van der Waals surface area contributed by atoms with Crippen LogP contribution in [0.15, 0.2) is 30.3 Å². The normalized spacial score (nSPS) is 25.8. The van der Waals surface area contributed by atoms with Gasteiger partial charge in [0.25, 0.3) is 0 Å². The molecule has 2 atom stereocenters. The number of rotatable bonds is 4. The summed E-state index contributed by atoms with van der Waals surface area (Å²) in [6.45, 7) is 4.49. The average molecular weight is 192 g/mol. The zero-order chi connectivity index (χ0) is 9.80. The van der Waals surface area contributed by atoms with E-state index < -0.39 is 0 Å². The topological polar surface area (TPSA) is 18.5 Å². The van der Waals surface area contributed by atoms with E-state index in [2.05, 4.69) is 19.1 Å². The summed E-state index contributed by atoms with van der Waals surface area (Å²) in [6.07, 6.45) is 0.318. The zero-order valence-electron chi connectivity index (χ0n) is 8.48. The molecule has 0 aliphatic carbocycles. The van der Waals surface area contributed by atoms with Crippen molar-refractivity contribution < 1.29 is 9.47 Å². The van der Waals surface area contributed by atoms with Crippen molar-refractivity contribution in [2.75, 3.05) is 13.2 Å². The smallest absolute Gasteiger partial charge is 0.0856 e. The molecule has 1 fully saturated rings. The molecule has 0 N–H and O–H groups in total. The van der Waals surface area contributed by atoms with Crippen LogP contribution in [0, 0.1) is 5.92 Å². The Hall–Kier alpha value is -0.860. The second-order valence-electron chi connectivity index (χ2n) is 3.85. The van der Waals surface area contributed by atoms with Crippen LogP contribution in [0.4, 0.5) is 0 Å². The van der Waals surface area contributed by atoms with Gasteiger partial charge in [0.05, 0.1) is 25.9 Å². The monoisotopic (exact) mass is 192 g/mol. The Morgan fingerprint density at radius 3 is 2.71 bits per heavy atom. The van der Waals surface area contributed by atoms with Gasteiger partial charge in [-0.2, -0.15) is 0 Å². The maximum Gasteiger partial charge on any atom is 0.0856 e. The molecule has 0 amide bonds. The molecule has 2 heteroatoms. The Labute approximate surface area is 84.8 Å². The Bertz CT molecular complexity index is 271. The van der Waals surface area contributed by atoms with Gasteiger partial charge in [-0.25, -0.2) is 0 Å². The van der Waals surface area contributed by atoms with E-state index in [-0.39, 0.29) is 0 Å². The summed E-state index contributed by atoms with van der Waals surface area (Å²) in [5.74, 6) is 0.658. The van der Waals surface area contributed by atoms with Gasteiger partial charge < -0.3 is 9.47 Å². The third-order valence-electron chi connectivity index (χ3n) is 2.60. The highest BCUT2D eigenvalue weighted by Crippen LogP contribution is 2.19. The predicted molar refractivity (Wildman–Crippen MR) is 55.0 cm³/mol. The molecule has 2 nitrogen and oxygen atoms in total. The van der Waals surface area contributed by atoms with Crippen LogP contribution < -0.4 is 0 Å². The molecular formula is C12H16O2. The summed E-state index contributed by atoms with van der Waals surface area (Å²) in [5.41, 5.74) is 1.22. The van der Waals surface area contributed by atoms with Crippen molar-refractivity contribution in [1.29, 1.82) is 0 Å². The van der Waals surface area contributed by atoms with Gasteiger partial charge in [-0.15, -0.1) is 0 Å². The van der Waals surface area contributed by atoms with E-state index >= 15 is 0 Å². The first kappa shape index (κ1) is 9.69. The lowest BCUT2D eigenvalue weighted by Crippen LogP contribution is -2.40. The largest absolute Gasteiger partial charge is 0.375 e. The molecule has 1 saturated heterocycles. The summed E-state index contributed by atoms with van der Waals surface area (Å²) >= 11 is 0. The first-order valence-electron chi connectivity index (χ1n) is 5.09. The molecule has 14 heavy (non-hydrogen) atoms. The van der Waals surface area contributed by atoms with Crippen LogP contribution >= 0.6 is 0 Å². The molecule has 0 radical (unpaired) electrons.